The molecule has 1 unspecified atom stereocenters. The normalized spacial score (nSPS) is 14.1. The Morgan fingerprint density at radius 3 is 1.73 bits per heavy atom. The maximum absolute atomic E-state index is 2.35. The Bertz CT molecular complexity index is 2240. The van der Waals surface area contributed by atoms with E-state index in [1.165, 1.54) is 77.4 Å². The van der Waals surface area contributed by atoms with Crippen molar-refractivity contribution in [3.8, 4) is 22.3 Å². The first-order valence-corrected chi connectivity index (χ1v) is 15.9. The Labute approximate surface area is 265 Å². The number of para-hydroxylation sites is 1. The third kappa shape index (κ3) is 4.91. The van der Waals surface area contributed by atoms with Gasteiger partial charge in [0, 0.05) is 34.8 Å². The molecule has 7 aromatic rings. The Hall–Kier alpha value is -5.40. The van der Waals surface area contributed by atoms with E-state index in [4.69, 9.17) is 0 Å². The second kappa shape index (κ2) is 11.3. The van der Waals surface area contributed by atoms with Crippen LogP contribution in [0.25, 0.3) is 68.4 Å². The van der Waals surface area contributed by atoms with Gasteiger partial charge in [-0.2, -0.15) is 0 Å². The van der Waals surface area contributed by atoms with E-state index in [0.29, 0.717) is 5.92 Å². The number of hydrogen-bond acceptors (Lipinski definition) is 0. The third-order valence-electron chi connectivity index (χ3n) is 9.52. The molecule has 6 aromatic carbocycles. The number of aromatic nitrogens is 1. The van der Waals surface area contributed by atoms with Gasteiger partial charge in [0.15, 0.2) is 0 Å². The average molecular weight is 578 g/mol. The summed E-state index contributed by atoms with van der Waals surface area (Å²) in [5, 5.41) is 2.60. The fraction of sp³-hybridized carbons (Fsp3) is 0.0909. The molecular weight excluding hydrogens is 542 g/mol. The minimum atomic E-state index is 0.512. The fourth-order valence-corrected chi connectivity index (χ4v) is 7.12. The van der Waals surface area contributed by atoms with Gasteiger partial charge < -0.3 is 4.57 Å². The molecule has 0 aliphatic heterocycles. The molecule has 0 spiro atoms. The maximum Gasteiger partial charge on any atom is 0.0489 e. The van der Waals surface area contributed by atoms with Crippen LogP contribution in [0.4, 0.5) is 0 Å². The fourth-order valence-electron chi connectivity index (χ4n) is 7.12. The quantitative estimate of drug-likeness (QED) is 0.173. The first kappa shape index (κ1) is 27.2. The smallest absolute Gasteiger partial charge is 0.0489 e. The van der Waals surface area contributed by atoms with E-state index in [0.717, 1.165) is 6.42 Å². The van der Waals surface area contributed by atoms with E-state index in [1.807, 2.05) is 0 Å². The lowest BCUT2D eigenvalue weighted by atomic mass is 9.94. The summed E-state index contributed by atoms with van der Waals surface area (Å²) in [5.41, 5.74) is 15.5. The topological polar surface area (TPSA) is 4.93 Å². The van der Waals surface area contributed by atoms with Crippen LogP contribution in [-0.4, -0.2) is 4.57 Å². The summed E-state index contributed by atoms with van der Waals surface area (Å²) in [6.45, 7) is 2.29. The maximum atomic E-state index is 2.35. The SMILES string of the molecule is CCC1c2ccccc2-c2cc(/C=C\c3ccc(-c4ccc(/C=C\c5ccc6c(c5)c5ccccc5n6C)cc4)cc3)ccc21. The highest BCUT2D eigenvalue weighted by Crippen LogP contribution is 2.46. The molecule has 45 heavy (non-hydrogen) atoms. The van der Waals surface area contributed by atoms with Crippen LogP contribution in [0.1, 0.15) is 52.6 Å². The summed E-state index contributed by atoms with van der Waals surface area (Å²) in [7, 11) is 2.14. The summed E-state index contributed by atoms with van der Waals surface area (Å²) in [6.07, 6.45) is 9.99. The molecule has 1 atom stereocenters. The summed E-state index contributed by atoms with van der Waals surface area (Å²) in [4.78, 5) is 0. The molecule has 0 radical (unpaired) electrons. The first-order valence-electron chi connectivity index (χ1n) is 15.9. The molecule has 0 N–H and O–H groups in total. The Morgan fingerprint density at radius 1 is 0.489 bits per heavy atom. The van der Waals surface area contributed by atoms with Gasteiger partial charge in [0.2, 0.25) is 0 Å². The lowest BCUT2D eigenvalue weighted by Gasteiger charge is -2.10. The van der Waals surface area contributed by atoms with Gasteiger partial charge in [0.05, 0.1) is 0 Å². The highest BCUT2D eigenvalue weighted by Gasteiger charge is 2.26. The number of nitrogens with zero attached hydrogens (tertiary/aromatic N) is 1. The largest absolute Gasteiger partial charge is 0.344 e. The predicted molar refractivity (Wildman–Crippen MR) is 194 cm³/mol. The summed E-state index contributed by atoms with van der Waals surface area (Å²) in [6, 6.07) is 48.8. The molecule has 8 rings (SSSR count). The van der Waals surface area contributed by atoms with Crippen LogP contribution >= 0.6 is 0 Å². The van der Waals surface area contributed by atoms with Crippen LogP contribution in [0.2, 0.25) is 0 Å². The minimum Gasteiger partial charge on any atom is -0.344 e. The van der Waals surface area contributed by atoms with Crippen LogP contribution < -0.4 is 0 Å². The monoisotopic (exact) mass is 577 g/mol. The standard InChI is InChI=1S/C44H35N/c1-3-36-37-8-4-5-9-38(37)41-28-32(20-26-39(36)41)14-12-30-16-22-34(23-17-30)35-24-18-31(19-25-35)13-15-33-21-27-44-42(29-33)40-10-6-7-11-43(40)45(44)2/h4-29,36H,3H2,1-2H3/b14-12-,15-13-. The molecule has 0 bridgehead atoms. The molecule has 0 fully saturated rings. The Balaban J connectivity index is 0.965. The van der Waals surface area contributed by atoms with Gasteiger partial charge in [-0.3, -0.25) is 0 Å². The minimum absolute atomic E-state index is 0.512. The predicted octanol–water partition coefficient (Wildman–Crippen LogP) is 11.9. The number of hydrogen-bond donors (Lipinski definition) is 0. The summed E-state index contributed by atoms with van der Waals surface area (Å²) >= 11 is 0. The van der Waals surface area contributed by atoms with Gasteiger partial charge >= 0.3 is 0 Å². The molecule has 0 saturated carbocycles. The zero-order valence-corrected chi connectivity index (χ0v) is 25.7. The van der Waals surface area contributed by atoms with Crippen molar-refractivity contribution in [3.63, 3.8) is 0 Å². The van der Waals surface area contributed by atoms with Gasteiger partial charge in [-0.25, -0.2) is 0 Å². The number of aryl methyl sites for hydroxylation is 1. The number of benzene rings is 6. The molecule has 216 valence electrons. The van der Waals surface area contributed by atoms with Crippen molar-refractivity contribution in [2.24, 2.45) is 7.05 Å². The lowest BCUT2D eigenvalue weighted by Crippen LogP contribution is -1.93. The molecule has 0 amide bonds. The van der Waals surface area contributed by atoms with Crippen molar-refractivity contribution in [2.75, 3.05) is 0 Å². The van der Waals surface area contributed by atoms with E-state index in [1.54, 1.807) is 0 Å². The summed E-state index contributed by atoms with van der Waals surface area (Å²) < 4.78 is 2.27. The molecule has 0 saturated heterocycles. The molecule has 1 aliphatic carbocycles. The van der Waals surface area contributed by atoms with Crippen LogP contribution in [0, 0.1) is 0 Å². The van der Waals surface area contributed by atoms with Crippen molar-refractivity contribution >= 4 is 46.1 Å². The number of fused-ring (bicyclic) bond motifs is 6. The van der Waals surface area contributed by atoms with Crippen molar-refractivity contribution < 1.29 is 0 Å². The second-order valence-electron chi connectivity index (χ2n) is 12.2. The third-order valence-corrected chi connectivity index (χ3v) is 9.52. The average Bonchev–Trinajstić information content (AvgIpc) is 3.57. The van der Waals surface area contributed by atoms with Gasteiger partial charge in [-0.15, -0.1) is 0 Å². The van der Waals surface area contributed by atoms with Crippen molar-refractivity contribution in [3.05, 3.63) is 167 Å². The van der Waals surface area contributed by atoms with E-state index in [9.17, 15) is 0 Å². The first-order chi connectivity index (χ1) is 22.2. The molecule has 1 aliphatic rings. The van der Waals surface area contributed by atoms with E-state index in [2.05, 4.69) is 176 Å². The highest BCUT2D eigenvalue weighted by atomic mass is 14.9. The zero-order valence-electron chi connectivity index (χ0n) is 25.7. The van der Waals surface area contributed by atoms with Crippen LogP contribution in [-0.2, 0) is 7.05 Å². The van der Waals surface area contributed by atoms with Crippen molar-refractivity contribution in [2.45, 2.75) is 19.3 Å². The van der Waals surface area contributed by atoms with E-state index >= 15 is 0 Å². The second-order valence-corrected chi connectivity index (χ2v) is 12.2. The van der Waals surface area contributed by atoms with Gasteiger partial charge in [0.25, 0.3) is 0 Å². The molecule has 1 heteroatoms. The van der Waals surface area contributed by atoms with Gasteiger partial charge in [-0.05, 0) is 86.3 Å². The van der Waals surface area contributed by atoms with Crippen LogP contribution in [0.5, 0.6) is 0 Å². The molecule has 1 nitrogen and oxygen atoms in total. The zero-order chi connectivity index (χ0) is 30.3. The lowest BCUT2D eigenvalue weighted by molar-refractivity contribution is 0.797. The van der Waals surface area contributed by atoms with Gasteiger partial charge in [-0.1, -0.05) is 140 Å². The van der Waals surface area contributed by atoms with Crippen molar-refractivity contribution in [1.29, 1.82) is 0 Å². The van der Waals surface area contributed by atoms with E-state index in [-0.39, 0.29) is 0 Å². The highest BCUT2D eigenvalue weighted by molar-refractivity contribution is 6.08. The molecular formula is C44H35N. The van der Waals surface area contributed by atoms with Gasteiger partial charge in [0.1, 0.15) is 0 Å². The van der Waals surface area contributed by atoms with Crippen LogP contribution in [0.15, 0.2) is 133 Å². The van der Waals surface area contributed by atoms with Crippen molar-refractivity contribution in [1.82, 2.24) is 4.57 Å². The van der Waals surface area contributed by atoms with E-state index < -0.39 is 0 Å². The van der Waals surface area contributed by atoms with Crippen LogP contribution in [0.3, 0.4) is 0 Å². The molecule has 1 heterocycles. The summed E-state index contributed by atoms with van der Waals surface area (Å²) in [5.74, 6) is 0.512. The molecule has 1 aromatic heterocycles. The Kier molecular flexibility index (Phi) is 6.80. The Morgan fingerprint density at radius 2 is 1.02 bits per heavy atom. The number of rotatable bonds is 6.